The van der Waals surface area contributed by atoms with E-state index < -0.39 is 23.1 Å². The van der Waals surface area contributed by atoms with Crippen LogP contribution in [0.25, 0.3) is 27.5 Å². The van der Waals surface area contributed by atoms with Gasteiger partial charge in [-0.3, -0.25) is 25.2 Å². The molecule has 168 valence electrons. The summed E-state index contributed by atoms with van der Waals surface area (Å²) in [6, 6.07) is 20.5. The maximum absolute atomic E-state index is 12.9. The number of fused-ring (bicyclic) bond motifs is 2. The Balaban J connectivity index is 1.33. The average molecular weight is 453 g/mol. The molecule has 2 aromatic heterocycles. The second-order valence-corrected chi connectivity index (χ2v) is 7.71. The molecule has 0 aliphatic rings. The Morgan fingerprint density at radius 1 is 0.824 bits per heavy atom. The number of nitrogens with one attached hydrogen (secondary N) is 4. The molecule has 0 radical (unpaired) electrons. The van der Waals surface area contributed by atoms with Crippen molar-refractivity contribution in [1.29, 1.82) is 0 Å². The molecule has 0 saturated carbocycles. The molecule has 0 aliphatic heterocycles. The number of benzene rings is 3. The summed E-state index contributed by atoms with van der Waals surface area (Å²) >= 11 is 0. The van der Waals surface area contributed by atoms with E-state index in [1.807, 2.05) is 24.3 Å². The third-order valence-corrected chi connectivity index (χ3v) is 5.52. The number of hydrazine groups is 1. The van der Waals surface area contributed by atoms with Crippen molar-refractivity contribution >= 4 is 33.6 Å². The molecule has 3 aromatic carbocycles. The summed E-state index contributed by atoms with van der Waals surface area (Å²) in [5.41, 5.74) is 6.21. The van der Waals surface area contributed by atoms with Crippen LogP contribution in [-0.4, -0.2) is 26.3 Å². The van der Waals surface area contributed by atoms with E-state index in [1.54, 1.807) is 36.5 Å². The molecule has 5 rings (SSSR count). The van der Waals surface area contributed by atoms with E-state index in [-0.39, 0.29) is 22.9 Å². The monoisotopic (exact) mass is 453 g/mol. The lowest BCUT2D eigenvalue weighted by molar-refractivity contribution is -0.121. The van der Waals surface area contributed by atoms with E-state index in [1.165, 1.54) is 18.2 Å². The van der Waals surface area contributed by atoms with Crippen LogP contribution in [0.15, 0.2) is 88.6 Å². The van der Waals surface area contributed by atoms with E-state index in [2.05, 4.69) is 20.8 Å². The number of aromatic nitrogens is 3. The van der Waals surface area contributed by atoms with E-state index >= 15 is 0 Å². The van der Waals surface area contributed by atoms with Crippen molar-refractivity contribution in [2.75, 3.05) is 0 Å². The van der Waals surface area contributed by atoms with Gasteiger partial charge in [0.1, 0.15) is 0 Å². The van der Waals surface area contributed by atoms with E-state index in [9.17, 15) is 19.2 Å². The molecule has 2 amide bonds. The number of nitrogens with zero attached hydrogens (tertiary/aromatic N) is 1. The summed E-state index contributed by atoms with van der Waals surface area (Å²) in [6.07, 6.45) is 1.84. The predicted molar refractivity (Wildman–Crippen MR) is 128 cm³/mol. The Morgan fingerprint density at radius 2 is 1.59 bits per heavy atom. The first-order chi connectivity index (χ1) is 16.5. The van der Waals surface area contributed by atoms with Gasteiger partial charge in [0.25, 0.3) is 11.5 Å². The molecule has 9 heteroatoms. The molecule has 4 N–H and O–H groups in total. The molecular formula is C25H19N5O4. The normalized spacial score (nSPS) is 10.9. The van der Waals surface area contributed by atoms with Gasteiger partial charge in [0.2, 0.25) is 5.91 Å². The zero-order valence-electron chi connectivity index (χ0n) is 17.8. The molecule has 0 fully saturated rings. The second kappa shape index (κ2) is 8.55. The first kappa shape index (κ1) is 21.0. The summed E-state index contributed by atoms with van der Waals surface area (Å²) in [5.74, 6) is -0.972. The molecule has 0 spiro atoms. The van der Waals surface area contributed by atoms with Crippen LogP contribution < -0.4 is 22.1 Å². The van der Waals surface area contributed by atoms with Gasteiger partial charge in [-0.2, -0.15) is 0 Å². The van der Waals surface area contributed by atoms with Gasteiger partial charge < -0.3 is 9.97 Å². The van der Waals surface area contributed by atoms with Crippen molar-refractivity contribution in [2.24, 2.45) is 0 Å². The number of para-hydroxylation sites is 2. The Labute approximate surface area is 192 Å². The number of aromatic amines is 2. The highest BCUT2D eigenvalue weighted by Gasteiger charge is 2.14. The third kappa shape index (κ3) is 3.86. The minimum atomic E-state index is -0.617. The number of carbonyl (C=O) groups is 2. The summed E-state index contributed by atoms with van der Waals surface area (Å²) in [6.45, 7) is 0. The van der Waals surface area contributed by atoms with Gasteiger partial charge in [-0.05, 0) is 42.0 Å². The molecule has 0 unspecified atom stereocenters. The van der Waals surface area contributed by atoms with Crippen molar-refractivity contribution in [3.63, 3.8) is 0 Å². The molecule has 0 bridgehead atoms. The van der Waals surface area contributed by atoms with Crippen LogP contribution in [0.4, 0.5) is 0 Å². The molecule has 2 heterocycles. The third-order valence-electron chi connectivity index (χ3n) is 5.52. The molecule has 5 aromatic rings. The van der Waals surface area contributed by atoms with Gasteiger partial charge in [0.05, 0.1) is 23.0 Å². The SMILES string of the molecule is O=C(Cc1c[nH]c2ccccc12)NNC(=O)c1ccc2c(=O)n(-c3ccccc3)c(=O)[nH]c2c1. The van der Waals surface area contributed by atoms with Crippen molar-refractivity contribution in [1.82, 2.24) is 25.4 Å². The smallest absolute Gasteiger partial charge is 0.333 e. The van der Waals surface area contributed by atoms with Crippen LogP contribution in [-0.2, 0) is 11.2 Å². The van der Waals surface area contributed by atoms with Crippen molar-refractivity contribution in [3.05, 3.63) is 111 Å². The van der Waals surface area contributed by atoms with Crippen LogP contribution in [0.5, 0.6) is 0 Å². The summed E-state index contributed by atoms with van der Waals surface area (Å²) in [5, 5.41) is 1.19. The Bertz CT molecular complexity index is 1660. The second-order valence-electron chi connectivity index (χ2n) is 7.71. The lowest BCUT2D eigenvalue weighted by Crippen LogP contribution is -2.42. The maximum atomic E-state index is 12.9. The number of amides is 2. The van der Waals surface area contributed by atoms with E-state index in [0.717, 1.165) is 21.0 Å². The predicted octanol–water partition coefficient (Wildman–Crippen LogP) is 2.16. The van der Waals surface area contributed by atoms with Crippen LogP contribution in [0.2, 0.25) is 0 Å². The molecule has 0 saturated heterocycles. The fourth-order valence-electron chi connectivity index (χ4n) is 3.86. The molecule has 34 heavy (non-hydrogen) atoms. The quantitative estimate of drug-likeness (QED) is 0.311. The topological polar surface area (TPSA) is 129 Å². The number of hydrogen-bond acceptors (Lipinski definition) is 4. The van der Waals surface area contributed by atoms with Crippen molar-refractivity contribution in [3.8, 4) is 5.69 Å². The number of hydrogen-bond donors (Lipinski definition) is 4. The van der Waals surface area contributed by atoms with Crippen molar-refractivity contribution < 1.29 is 9.59 Å². The fraction of sp³-hybridized carbons (Fsp3) is 0.0400. The zero-order chi connectivity index (χ0) is 23.7. The first-order valence-electron chi connectivity index (χ1n) is 10.5. The van der Waals surface area contributed by atoms with Gasteiger partial charge in [-0.25, -0.2) is 9.36 Å². The van der Waals surface area contributed by atoms with E-state index in [4.69, 9.17) is 0 Å². The lowest BCUT2D eigenvalue weighted by atomic mass is 10.1. The van der Waals surface area contributed by atoms with Gasteiger partial charge in [0.15, 0.2) is 0 Å². The fourth-order valence-corrected chi connectivity index (χ4v) is 3.86. The maximum Gasteiger partial charge on any atom is 0.333 e. The van der Waals surface area contributed by atoms with Crippen LogP contribution in [0, 0.1) is 0 Å². The first-order valence-corrected chi connectivity index (χ1v) is 10.5. The van der Waals surface area contributed by atoms with Crippen LogP contribution in [0.3, 0.4) is 0 Å². The van der Waals surface area contributed by atoms with Gasteiger partial charge in [-0.15, -0.1) is 0 Å². The number of H-pyrrole nitrogens is 2. The lowest BCUT2D eigenvalue weighted by Gasteiger charge is -2.09. The standard InChI is InChI=1S/C25H19N5O4/c31-22(13-16-14-26-20-9-5-4-8-18(16)20)28-29-23(32)15-10-11-19-21(12-15)27-25(34)30(24(19)33)17-6-2-1-3-7-17/h1-12,14,26H,13H2,(H,27,34)(H,28,31)(H,29,32). The highest BCUT2D eigenvalue weighted by Crippen LogP contribution is 2.18. The Hall–Kier alpha value is -4.92. The number of carbonyl (C=O) groups excluding carboxylic acids is 2. The van der Waals surface area contributed by atoms with Crippen molar-refractivity contribution in [2.45, 2.75) is 6.42 Å². The minimum absolute atomic E-state index is 0.0777. The van der Waals surface area contributed by atoms with Crippen LogP contribution in [0.1, 0.15) is 15.9 Å². The molecule has 0 aliphatic carbocycles. The molecule has 0 atom stereocenters. The van der Waals surface area contributed by atoms with Crippen LogP contribution >= 0.6 is 0 Å². The zero-order valence-corrected chi connectivity index (χ0v) is 17.8. The van der Waals surface area contributed by atoms with Gasteiger partial charge in [-0.1, -0.05) is 36.4 Å². The highest BCUT2D eigenvalue weighted by atomic mass is 16.2. The summed E-state index contributed by atoms with van der Waals surface area (Å²) in [7, 11) is 0. The Morgan fingerprint density at radius 3 is 2.41 bits per heavy atom. The largest absolute Gasteiger partial charge is 0.361 e. The molecular weight excluding hydrogens is 434 g/mol. The van der Waals surface area contributed by atoms with Gasteiger partial charge in [0, 0.05) is 22.7 Å². The molecule has 9 nitrogen and oxygen atoms in total. The summed E-state index contributed by atoms with van der Waals surface area (Å²) in [4.78, 5) is 56.0. The summed E-state index contributed by atoms with van der Waals surface area (Å²) < 4.78 is 1.03. The number of rotatable bonds is 4. The van der Waals surface area contributed by atoms with Gasteiger partial charge >= 0.3 is 5.69 Å². The minimum Gasteiger partial charge on any atom is -0.361 e. The average Bonchev–Trinajstić information content (AvgIpc) is 3.25. The highest BCUT2D eigenvalue weighted by molar-refractivity contribution is 5.98. The Kier molecular flexibility index (Phi) is 5.27. The van der Waals surface area contributed by atoms with E-state index in [0.29, 0.717) is 5.69 Å².